The molecule has 0 bridgehead atoms. The maximum atomic E-state index is 6.09. The Labute approximate surface area is 217 Å². The Bertz CT molecular complexity index is 1530. The average Bonchev–Trinajstić information content (AvgIpc) is 3.39. The fraction of sp³-hybridized carbons (Fsp3) is 0.241. The molecule has 0 aliphatic carbocycles. The van der Waals surface area contributed by atoms with Crippen LogP contribution in [0.15, 0.2) is 61.3 Å². The number of nitrogen functional groups attached to an aromatic ring is 1. The summed E-state index contributed by atoms with van der Waals surface area (Å²) in [6.45, 7) is 10.7. The first-order valence-electron chi connectivity index (χ1n) is 12.4. The Kier molecular flexibility index (Phi) is 6.72. The summed E-state index contributed by atoms with van der Waals surface area (Å²) in [6.07, 6.45) is 7.15. The van der Waals surface area contributed by atoms with Crippen LogP contribution in [-0.4, -0.2) is 24.7 Å². The number of nitrogens with one attached hydrogen (secondary N) is 2. The summed E-state index contributed by atoms with van der Waals surface area (Å²) in [5, 5.41) is 13.4. The van der Waals surface area contributed by atoms with E-state index in [1.807, 2.05) is 35.3 Å². The fourth-order valence-electron chi connectivity index (χ4n) is 4.91. The van der Waals surface area contributed by atoms with Crippen molar-refractivity contribution in [3.8, 4) is 0 Å². The number of nitrogens with two attached hydrogens (primary N) is 1. The Balaban J connectivity index is 1.26. The molecule has 2 aromatic carbocycles. The van der Waals surface area contributed by atoms with Gasteiger partial charge in [0.1, 0.15) is 23.8 Å². The minimum absolute atomic E-state index is 0.563. The lowest BCUT2D eigenvalue weighted by molar-refractivity contribution is 0.680. The SMILES string of the molecule is Cc1cc(CNc2cc(NCc3c(C)cc4c(N)nccc4c3C)ncn2)cc(C)c1Cn1cccn1. The van der Waals surface area contributed by atoms with Gasteiger partial charge in [0.25, 0.3) is 0 Å². The van der Waals surface area contributed by atoms with Crippen LogP contribution < -0.4 is 16.4 Å². The van der Waals surface area contributed by atoms with Crippen molar-refractivity contribution in [2.24, 2.45) is 0 Å². The Morgan fingerprint density at radius 3 is 2.19 bits per heavy atom. The molecule has 8 heteroatoms. The van der Waals surface area contributed by atoms with Gasteiger partial charge >= 0.3 is 0 Å². The van der Waals surface area contributed by atoms with E-state index >= 15 is 0 Å². The van der Waals surface area contributed by atoms with Crippen molar-refractivity contribution in [3.63, 3.8) is 0 Å². The molecule has 0 radical (unpaired) electrons. The van der Waals surface area contributed by atoms with Crippen LogP contribution >= 0.6 is 0 Å². The van der Waals surface area contributed by atoms with Gasteiger partial charge in [-0.2, -0.15) is 5.10 Å². The van der Waals surface area contributed by atoms with Crippen LogP contribution in [0.25, 0.3) is 10.8 Å². The minimum atomic E-state index is 0.563. The van der Waals surface area contributed by atoms with Crippen molar-refractivity contribution >= 4 is 28.2 Å². The number of rotatable bonds is 8. The average molecular weight is 493 g/mol. The van der Waals surface area contributed by atoms with Crippen LogP contribution in [-0.2, 0) is 19.6 Å². The summed E-state index contributed by atoms with van der Waals surface area (Å²) in [5.41, 5.74) is 14.7. The zero-order valence-corrected chi connectivity index (χ0v) is 21.7. The van der Waals surface area contributed by atoms with Crippen molar-refractivity contribution in [1.82, 2.24) is 24.7 Å². The molecule has 0 unspecified atom stereocenters. The zero-order chi connectivity index (χ0) is 25.9. The number of benzene rings is 2. The van der Waals surface area contributed by atoms with E-state index < -0.39 is 0 Å². The highest BCUT2D eigenvalue weighted by molar-refractivity contribution is 5.94. The maximum absolute atomic E-state index is 6.09. The molecule has 8 nitrogen and oxygen atoms in total. The molecule has 0 aliphatic rings. The van der Waals surface area contributed by atoms with Gasteiger partial charge in [0.2, 0.25) is 0 Å². The first-order valence-corrected chi connectivity index (χ1v) is 12.4. The minimum Gasteiger partial charge on any atom is -0.383 e. The summed E-state index contributed by atoms with van der Waals surface area (Å²) in [4.78, 5) is 13.1. The van der Waals surface area contributed by atoms with E-state index in [2.05, 4.69) is 76.6 Å². The molecule has 3 heterocycles. The molecule has 5 rings (SSSR count). The molecule has 0 fully saturated rings. The van der Waals surface area contributed by atoms with Gasteiger partial charge in [-0.1, -0.05) is 12.1 Å². The number of aromatic nitrogens is 5. The van der Waals surface area contributed by atoms with Crippen molar-refractivity contribution in [2.75, 3.05) is 16.4 Å². The molecule has 5 aromatic rings. The van der Waals surface area contributed by atoms with Crippen LogP contribution in [0.2, 0.25) is 0 Å². The number of pyridine rings is 1. The van der Waals surface area contributed by atoms with Crippen LogP contribution in [0.4, 0.5) is 17.5 Å². The van der Waals surface area contributed by atoms with E-state index in [4.69, 9.17) is 5.73 Å². The van der Waals surface area contributed by atoms with Crippen LogP contribution in [0, 0.1) is 27.7 Å². The van der Waals surface area contributed by atoms with Gasteiger partial charge in [0.15, 0.2) is 0 Å². The van der Waals surface area contributed by atoms with E-state index in [9.17, 15) is 0 Å². The lowest BCUT2D eigenvalue weighted by Gasteiger charge is -2.16. The molecule has 0 saturated heterocycles. The molecular formula is C29H32N8. The topological polar surface area (TPSA) is 107 Å². The Morgan fingerprint density at radius 1 is 0.784 bits per heavy atom. The predicted octanol–water partition coefficient (Wildman–Crippen LogP) is 5.31. The van der Waals surface area contributed by atoms with E-state index in [1.165, 1.54) is 38.9 Å². The number of nitrogens with zero attached hydrogens (tertiary/aromatic N) is 5. The number of anilines is 3. The van der Waals surface area contributed by atoms with Crippen LogP contribution in [0.3, 0.4) is 0 Å². The Hall–Kier alpha value is -4.46. The highest BCUT2D eigenvalue weighted by Gasteiger charge is 2.11. The molecule has 0 atom stereocenters. The second-order valence-corrected chi connectivity index (χ2v) is 9.50. The highest BCUT2D eigenvalue weighted by atomic mass is 15.3. The standard InChI is InChI=1S/C29H32N8/c1-18-10-22(11-19(2)26(18)16-37-9-5-7-36-37)14-32-27-13-28(35-17-34-27)33-15-25-20(3)12-24-23(21(25)4)6-8-31-29(24)30/h5-13,17H,14-16H2,1-4H3,(H2,30,31)(H2,32,33,34,35). The zero-order valence-electron chi connectivity index (χ0n) is 21.7. The summed E-state index contributed by atoms with van der Waals surface area (Å²) < 4.78 is 1.95. The molecule has 3 aromatic heterocycles. The van der Waals surface area contributed by atoms with Crippen molar-refractivity contribution in [3.05, 3.63) is 100 Å². The third-order valence-corrected chi connectivity index (χ3v) is 6.94. The quantitative estimate of drug-likeness (QED) is 0.269. The summed E-state index contributed by atoms with van der Waals surface area (Å²) in [7, 11) is 0. The lowest BCUT2D eigenvalue weighted by atomic mass is 9.96. The largest absolute Gasteiger partial charge is 0.383 e. The lowest BCUT2D eigenvalue weighted by Crippen LogP contribution is -2.08. The van der Waals surface area contributed by atoms with Crippen molar-refractivity contribution in [1.29, 1.82) is 0 Å². The van der Waals surface area contributed by atoms with Gasteiger partial charge in [-0.05, 0) is 90.2 Å². The molecule has 0 spiro atoms. The number of hydrogen-bond donors (Lipinski definition) is 3. The molecular weight excluding hydrogens is 460 g/mol. The number of fused-ring (bicyclic) bond motifs is 1. The van der Waals surface area contributed by atoms with Gasteiger partial charge < -0.3 is 16.4 Å². The normalized spacial score (nSPS) is 11.1. The molecule has 188 valence electrons. The van der Waals surface area contributed by atoms with Crippen LogP contribution in [0.5, 0.6) is 0 Å². The second kappa shape index (κ2) is 10.3. The smallest absolute Gasteiger partial charge is 0.131 e. The van der Waals surface area contributed by atoms with Crippen LogP contribution in [0.1, 0.15) is 38.9 Å². The van der Waals surface area contributed by atoms with E-state index in [-0.39, 0.29) is 0 Å². The van der Waals surface area contributed by atoms with Crippen molar-refractivity contribution in [2.45, 2.75) is 47.3 Å². The molecule has 0 amide bonds. The van der Waals surface area contributed by atoms with Gasteiger partial charge in [0, 0.05) is 43.1 Å². The van der Waals surface area contributed by atoms with E-state index in [0.717, 1.165) is 29.0 Å². The monoisotopic (exact) mass is 492 g/mol. The fourth-order valence-corrected chi connectivity index (χ4v) is 4.91. The van der Waals surface area contributed by atoms with Gasteiger partial charge in [-0.15, -0.1) is 0 Å². The highest BCUT2D eigenvalue weighted by Crippen LogP contribution is 2.28. The first-order chi connectivity index (χ1) is 17.9. The Morgan fingerprint density at radius 2 is 1.49 bits per heavy atom. The predicted molar refractivity (Wildman–Crippen MR) is 150 cm³/mol. The number of aryl methyl sites for hydroxylation is 4. The third-order valence-electron chi connectivity index (χ3n) is 6.94. The third kappa shape index (κ3) is 5.23. The summed E-state index contributed by atoms with van der Waals surface area (Å²) >= 11 is 0. The molecule has 37 heavy (non-hydrogen) atoms. The van der Waals surface area contributed by atoms with Crippen molar-refractivity contribution < 1.29 is 0 Å². The van der Waals surface area contributed by atoms with E-state index in [0.29, 0.717) is 18.9 Å². The van der Waals surface area contributed by atoms with Gasteiger partial charge in [-0.25, -0.2) is 15.0 Å². The van der Waals surface area contributed by atoms with Gasteiger partial charge in [0.05, 0.1) is 6.54 Å². The molecule has 0 saturated carbocycles. The number of hydrogen-bond acceptors (Lipinski definition) is 7. The summed E-state index contributed by atoms with van der Waals surface area (Å²) in [5.74, 6) is 2.11. The van der Waals surface area contributed by atoms with Gasteiger partial charge in [-0.3, -0.25) is 4.68 Å². The molecule has 0 aliphatic heterocycles. The molecule has 4 N–H and O–H groups in total. The van der Waals surface area contributed by atoms with E-state index in [1.54, 1.807) is 12.5 Å². The first kappa shape index (κ1) is 24.2. The summed E-state index contributed by atoms with van der Waals surface area (Å²) in [6, 6.07) is 12.5. The second-order valence-electron chi connectivity index (χ2n) is 9.50. The maximum Gasteiger partial charge on any atom is 0.131 e.